The number of anilines is 1. The quantitative estimate of drug-likeness (QED) is 0.776. The Bertz CT molecular complexity index is 566. The molecule has 2 N–H and O–H groups in total. The van der Waals surface area contributed by atoms with Gasteiger partial charge in [-0.25, -0.2) is 4.79 Å². The van der Waals surface area contributed by atoms with Crippen LogP contribution in [0.4, 0.5) is 10.5 Å². The lowest BCUT2D eigenvalue weighted by atomic mass is 9.98. The van der Waals surface area contributed by atoms with Crippen molar-refractivity contribution in [3.63, 3.8) is 0 Å². The topological polar surface area (TPSA) is 70.7 Å². The van der Waals surface area contributed by atoms with Crippen molar-refractivity contribution in [3.05, 3.63) is 29.8 Å². The fourth-order valence-corrected chi connectivity index (χ4v) is 2.93. The third kappa shape index (κ3) is 6.74. The molecule has 1 saturated heterocycles. The Morgan fingerprint density at radius 3 is 2.68 bits per heavy atom. The lowest BCUT2D eigenvalue weighted by molar-refractivity contribution is -0.105. The fourth-order valence-electron chi connectivity index (χ4n) is 2.93. The van der Waals surface area contributed by atoms with Gasteiger partial charge in [0, 0.05) is 25.3 Å². The van der Waals surface area contributed by atoms with Crippen LogP contribution in [-0.2, 0) is 16.1 Å². The number of amides is 2. The number of nitrogens with zero attached hydrogens (tertiary/aromatic N) is 1. The van der Waals surface area contributed by atoms with E-state index in [1.165, 1.54) is 0 Å². The Labute approximate surface area is 149 Å². The Morgan fingerprint density at radius 1 is 1.32 bits per heavy atom. The SMILES string of the molecule is CC(C)(C)OC(=O)N1CCCC(CNCc2ccc(NC=O)cc2)C1. The maximum atomic E-state index is 12.2. The molecule has 1 aliphatic heterocycles. The highest BCUT2D eigenvalue weighted by Crippen LogP contribution is 2.19. The number of nitrogens with one attached hydrogen (secondary N) is 2. The summed E-state index contributed by atoms with van der Waals surface area (Å²) in [7, 11) is 0. The first kappa shape index (κ1) is 19.2. The van der Waals surface area contributed by atoms with Gasteiger partial charge in [0.2, 0.25) is 6.41 Å². The van der Waals surface area contributed by atoms with Crippen LogP contribution in [-0.4, -0.2) is 42.6 Å². The number of ether oxygens (including phenoxy) is 1. The molecule has 1 aliphatic rings. The molecule has 0 saturated carbocycles. The second-order valence-corrected chi connectivity index (χ2v) is 7.52. The van der Waals surface area contributed by atoms with Gasteiger partial charge in [-0.2, -0.15) is 0 Å². The monoisotopic (exact) mass is 347 g/mol. The number of hydrogen-bond acceptors (Lipinski definition) is 4. The third-order valence-electron chi connectivity index (χ3n) is 4.11. The van der Waals surface area contributed by atoms with E-state index in [0.29, 0.717) is 12.3 Å². The average molecular weight is 347 g/mol. The summed E-state index contributed by atoms with van der Waals surface area (Å²) in [4.78, 5) is 24.4. The summed E-state index contributed by atoms with van der Waals surface area (Å²) in [5.74, 6) is 0.442. The van der Waals surface area contributed by atoms with Crippen LogP contribution >= 0.6 is 0 Å². The van der Waals surface area contributed by atoms with Crippen LogP contribution < -0.4 is 10.6 Å². The van der Waals surface area contributed by atoms with Crippen molar-refractivity contribution in [3.8, 4) is 0 Å². The molecule has 0 aliphatic carbocycles. The van der Waals surface area contributed by atoms with E-state index in [-0.39, 0.29) is 6.09 Å². The summed E-state index contributed by atoms with van der Waals surface area (Å²) >= 11 is 0. The van der Waals surface area contributed by atoms with Crippen LogP contribution in [0.1, 0.15) is 39.2 Å². The highest BCUT2D eigenvalue weighted by atomic mass is 16.6. The molecule has 1 fully saturated rings. The summed E-state index contributed by atoms with van der Waals surface area (Å²) < 4.78 is 5.47. The predicted octanol–water partition coefficient (Wildman–Crippen LogP) is 2.99. The smallest absolute Gasteiger partial charge is 0.410 e. The van der Waals surface area contributed by atoms with E-state index in [2.05, 4.69) is 10.6 Å². The standard InChI is InChI=1S/C19H29N3O3/c1-19(2,3)25-18(24)22-10-4-5-16(13-22)12-20-11-15-6-8-17(9-7-15)21-14-23/h6-9,14,16,20H,4-5,10-13H2,1-3H3,(H,21,23). The number of carbonyl (C=O) groups excluding carboxylic acids is 2. The number of hydrogen-bond donors (Lipinski definition) is 2. The maximum Gasteiger partial charge on any atom is 0.410 e. The van der Waals surface area contributed by atoms with E-state index in [0.717, 1.165) is 50.3 Å². The molecule has 2 rings (SSSR count). The zero-order chi connectivity index (χ0) is 18.3. The van der Waals surface area contributed by atoms with Gasteiger partial charge in [0.15, 0.2) is 0 Å². The van der Waals surface area contributed by atoms with Crippen LogP contribution in [0, 0.1) is 5.92 Å². The van der Waals surface area contributed by atoms with Gasteiger partial charge in [0.05, 0.1) is 0 Å². The van der Waals surface area contributed by atoms with Gasteiger partial charge in [-0.1, -0.05) is 12.1 Å². The van der Waals surface area contributed by atoms with Crippen LogP contribution in [0.15, 0.2) is 24.3 Å². The summed E-state index contributed by atoms with van der Waals surface area (Å²) in [6.45, 7) is 8.83. The van der Waals surface area contributed by atoms with Crippen molar-refractivity contribution in [2.75, 3.05) is 25.0 Å². The molecule has 0 radical (unpaired) electrons. The van der Waals surface area contributed by atoms with Gasteiger partial charge in [-0.15, -0.1) is 0 Å². The zero-order valence-corrected chi connectivity index (χ0v) is 15.4. The Hall–Kier alpha value is -2.08. The molecule has 0 bridgehead atoms. The van der Waals surface area contributed by atoms with E-state index >= 15 is 0 Å². The molecule has 1 aromatic carbocycles. The molecule has 0 aromatic heterocycles. The van der Waals surface area contributed by atoms with E-state index < -0.39 is 5.60 Å². The van der Waals surface area contributed by atoms with E-state index in [1.807, 2.05) is 49.9 Å². The average Bonchev–Trinajstić information content (AvgIpc) is 2.55. The van der Waals surface area contributed by atoms with E-state index in [1.54, 1.807) is 0 Å². The molecule has 6 nitrogen and oxygen atoms in total. The predicted molar refractivity (Wildman–Crippen MR) is 98.4 cm³/mol. The minimum Gasteiger partial charge on any atom is -0.444 e. The number of rotatable bonds is 6. The van der Waals surface area contributed by atoms with E-state index in [9.17, 15) is 9.59 Å². The van der Waals surface area contributed by atoms with Crippen molar-refractivity contribution < 1.29 is 14.3 Å². The Kier molecular flexibility index (Phi) is 6.82. The molecule has 1 aromatic rings. The lowest BCUT2D eigenvalue weighted by Crippen LogP contribution is -2.44. The van der Waals surface area contributed by atoms with Crippen LogP contribution in [0.25, 0.3) is 0 Å². The molecule has 6 heteroatoms. The van der Waals surface area contributed by atoms with Crippen LogP contribution in [0.5, 0.6) is 0 Å². The van der Waals surface area contributed by atoms with Crippen molar-refractivity contribution in [1.82, 2.24) is 10.2 Å². The first-order valence-corrected chi connectivity index (χ1v) is 8.85. The molecule has 2 amide bonds. The summed E-state index contributed by atoms with van der Waals surface area (Å²) in [5, 5.41) is 6.09. The Morgan fingerprint density at radius 2 is 2.04 bits per heavy atom. The molecule has 0 spiro atoms. The number of likely N-dealkylation sites (tertiary alicyclic amines) is 1. The van der Waals surface area contributed by atoms with Crippen molar-refractivity contribution in [2.45, 2.75) is 45.8 Å². The summed E-state index contributed by atoms with van der Waals surface area (Å²) in [6, 6.07) is 7.76. The third-order valence-corrected chi connectivity index (χ3v) is 4.11. The minimum absolute atomic E-state index is 0.213. The number of benzene rings is 1. The summed E-state index contributed by atoms with van der Waals surface area (Å²) in [5.41, 5.74) is 1.50. The van der Waals surface area contributed by atoms with E-state index in [4.69, 9.17) is 4.74 Å². The number of piperidine rings is 1. The molecule has 1 unspecified atom stereocenters. The van der Waals surface area contributed by atoms with Crippen molar-refractivity contribution in [2.24, 2.45) is 5.92 Å². The molecule has 1 heterocycles. The zero-order valence-electron chi connectivity index (χ0n) is 15.4. The molecular formula is C19H29N3O3. The second-order valence-electron chi connectivity index (χ2n) is 7.52. The molecule has 25 heavy (non-hydrogen) atoms. The lowest BCUT2D eigenvalue weighted by Gasteiger charge is -2.34. The van der Waals surface area contributed by atoms with Gasteiger partial charge in [0.1, 0.15) is 5.60 Å². The van der Waals surface area contributed by atoms with Crippen LogP contribution in [0.2, 0.25) is 0 Å². The van der Waals surface area contributed by atoms with Crippen molar-refractivity contribution >= 4 is 18.2 Å². The largest absolute Gasteiger partial charge is 0.444 e. The van der Waals surface area contributed by atoms with Gasteiger partial charge in [0.25, 0.3) is 0 Å². The van der Waals surface area contributed by atoms with Gasteiger partial charge in [-0.3, -0.25) is 4.79 Å². The van der Waals surface area contributed by atoms with Gasteiger partial charge in [-0.05, 0) is 63.8 Å². The summed E-state index contributed by atoms with van der Waals surface area (Å²) in [6.07, 6.45) is 2.59. The fraction of sp³-hybridized carbons (Fsp3) is 0.579. The molecule has 1 atom stereocenters. The Balaban J connectivity index is 1.75. The second kappa shape index (κ2) is 8.85. The minimum atomic E-state index is -0.451. The normalized spacial score (nSPS) is 17.9. The first-order chi connectivity index (χ1) is 11.9. The molecule has 138 valence electrons. The van der Waals surface area contributed by atoms with Gasteiger partial charge >= 0.3 is 6.09 Å². The first-order valence-electron chi connectivity index (χ1n) is 8.85. The van der Waals surface area contributed by atoms with Gasteiger partial charge < -0.3 is 20.3 Å². The molecular weight excluding hydrogens is 318 g/mol. The number of carbonyl (C=O) groups is 2. The van der Waals surface area contributed by atoms with Crippen LogP contribution in [0.3, 0.4) is 0 Å². The highest BCUT2D eigenvalue weighted by molar-refractivity contribution is 5.71. The highest BCUT2D eigenvalue weighted by Gasteiger charge is 2.27. The maximum absolute atomic E-state index is 12.2. The van der Waals surface area contributed by atoms with Crippen molar-refractivity contribution in [1.29, 1.82) is 0 Å².